The maximum atomic E-state index is 12.5. The van der Waals surface area contributed by atoms with Crippen LogP contribution in [0.3, 0.4) is 0 Å². The van der Waals surface area contributed by atoms with Crippen molar-refractivity contribution in [1.29, 1.82) is 0 Å². The van der Waals surface area contributed by atoms with Crippen molar-refractivity contribution in [2.75, 3.05) is 6.54 Å². The third-order valence-electron chi connectivity index (χ3n) is 3.48. The predicted octanol–water partition coefficient (Wildman–Crippen LogP) is 2.73. The Balaban J connectivity index is 2.31. The second kappa shape index (κ2) is 5.61. The van der Waals surface area contributed by atoms with Crippen molar-refractivity contribution in [3.05, 3.63) is 34.3 Å². The molecule has 0 spiro atoms. The van der Waals surface area contributed by atoms with Gasteiger partial charge in [0.25, 0.3) is 5.91 Å². The van der Waals surface area contributed by atoms with E-state index in [1.165, 1.54) is 4.90 Å². The van der Waals surface area contributed by atoms with Crippen molar-refractivity contribution in [1.82, 2.24) is 4.90 Å². The Labute approximate surface area is 117 Å². The molecule has 0 radical (unpaired) electrons. The van der Waals surface area contributed by atoms with E-state index in [-0.39, 0.29) is 5.91 Å². The quantitative estimate of drug-likeness (QED) is 0.907. The number of likely N-dealkylation sites (tertiary alicyclic amines) is 1. The fourth-order valence-electron chi connectivity index (χ4n) is 2.41. The molecule has 1 aromatic carbocycles. The van der Waals surface area contributed by atoms with Crippen LogP contribution in [-0.4, -0.2) is 34.5 Å². The molecule has 5 heteroatoms. The highest BCUT2D eigenvalue weighted by Gasteiger charge is 2.32. The molecular formula is C14H16ClNO3. The Kier molecular flexibility index (Phi) is 4.10. The molecule has 0 bridgehead atoms. The van der Waals surface area contributed by atoms with Crippen molar-refractivity contribution in [2.24, 2.45) is 0 Å². The minimum absolute atomic E-state index is 0.243. The molecule has 1 N–H and O–H groups in total. The third kappa shape index (κ3) is 2.89. The number of halogens is 1. The summed E-state index contributed by atoms with van der Waals surface area (Å²) < 4.78 is 0. The fourth-order valence-corrected chi connectivity index (χ4v) is 2.58. The number of carboxylic acids is 1. The number of amides is 1. The van der Waals surface area contributed by atoms with E-state index < -0.39 is 12.0 Å². The van der Waals surface area contributed by atoms with Crippen LogP contribution >= 0.6 is 11.6 Å². The van der Waals surface area contributed by atoms with Gasteiger partial charge in [-0.15, -0.1) is 0 Å². The number of nitrogens with zero attached hydrogens (tertiary/aromatic N) is 1. The van der Waals surface area contributed by atoms with Crippen molar-refractivity contribution in [3.63, 3.8) is 0 Å². The molecule has 1 amide bonds. The summed E-state index contributed by atoms with van der Waals surface area (Å²) in [5.74, 6) is -1.18. The SMILES string of the molecule is Cc1ccc(Cl)cc1C(=O)N1CCCCC1C(=O)O. The van der Waals surface area contributed by atoms with E-state index in [0.717, 1.165) is 18.4 Å². The summed E-state index contributed by atoms with van der Waals surface area (Å²) in [6.45, 7) is 2.31. The van der Waals surface area contributed by atoms with Crippen LogP contribution in [0.4, 0.5) is 0 Å². The number of carbonyl (C=O) groups is 2. The van der Waals surface area contributed by atoms with Gasteiger partial charge in [-0.1, -0.05) is 17.7 Å². The van der Waals surface area contributed by atoms with Gasteiger partial charge in [0.05, 0.1) is 0 Å². The molecule has 0 saturated carbocycles. The zero-order chi connectivity index (χ0) is 14.0. The van der Waals surface area contributed by atoms with Crippen LogP contribution in [0, 0.1) is 6.92 Å². The molecular weight excluding hydrogens is 266 g/mol. The predicted molar refractivity (Wildman–Crippen MR) is 72.5 cm³/mol. The second-order valence-corrected chi connectivity index (χ2v) is 5.24. The molecule has 2 rings (SSSR count). The molecule has 4 nitrogen and oxygen atoms in total. The summed E-state index contributed by atoms with van der Waals surface area (Å²) in [7, 11) is 0. The van der Waals surface area contributed by atoms with E-state index >= 15 is 0 Å². The van der Waals surface area contributed by atoms with Gasteiger partial charge in [0, 0.05) is 17.1 Å². The summed E-state index contributed by atoms with van der Waals surface area (Å²) in [5, 5.41) is 9.69. The van der Waals surface area contributed by atoms with E-state index in [1.807, 2.05) is 6.92 Å². The Hall–Kier alpha value is -1.55. The van der Waals surface area contributed by atoms with Crippen LogP contribution in [0.2, 0.25) is 5.02 Å². The highest BCUT2D eigenvalue weighted by Crippen LogP contribution is 2.23. The van der Waals surface area contributed by atoms with Gasteiger partial charge in [0.2, 0.25) is 0 Å². The standard InChI is InChI=1S/C14H16ClNO3/c1-9-5-6-10(15)8-11(9)13(17)16-7-3-2-4-12(16)14(18)19/h5-6,8,12H,2-4,7H2,1H3,(H,18,19). The van der Waals surface area contributed by atoms with E-state index in [4.69, 9.17) is 11.6 Å². The van der Waals surface area contributed by atoms with Crippen molar-refractivity contribution < 1.29 is 14.7 Å². The average molecular weight is 282 g/mol. The van der Waals surface area contributed by atoms with E-state index in [0.29, 0.717) is 23.6 Å². The van der Waals surface area contributed by atoms with Crippen molar-refractivity contribution in [3.8, 4) is 0 Å². The fraction of sp³-hybridized carbons (Fsp3) is 0.429. The lowest BCUT2D eigenvalue weighted by Gasteiger charge is -2.33. The largest absolute Gasteiger partial charge is 0.480 e. The van der Waals surface area contributed by atoms with Gasteiger partial charge in [0.1, 0.15) is 6.04 Å². The number of carboxylic acid groups (broad SMARTS) is 1. The summed E-state index contributed by atoms with van der Waals surface area (Å²) >= 11 is 5.91. The maximum absolute atomic E-state index is 12.5. The summed E-state index contributed by atoms with van der Waals surface area (Å²) in [4.78, 5) is 25.2. The number of rotatable bonds is 2. The maximum Gasteiger partial charge on any atom is 0.326 e. The molecule has 1 aliphatic heterocycles. The highest BCUT2D eigenvalue weighted by atomic mass is 35.5. The monoisotopic (exact) mass is 281 g/mol. The van der Waals surface area contributed by atoms with Crippen LogP contribution in [0.25, 0.3) is 0 Å². The molecule has 1 atom stereocenters. The molecule has 0 aromatic heterocycles. The van der Waals surface area contributed by atoms with Gasteiger partial charge in [-0.25, -0.2) is 4.79 Å². The number of carbonyl (C=O) groups excluding carboxylic acids is 1. The summed E-state index contributed by atoms with van der Waals surface area (Å²) in [5.41, 5.74) is 1.30. The minimum Gasteiger partial charge on any atom is -0.480 e. The van der Waals surface area contributed by atoms with Crippen molar-refractivity contribution >= 4 is 23.5 Å². The number of hydrogen-bond donors (Lipinski definition) is 1. The molecule has 1 aliphatic rings. The average Bonchev–Trinajstić information content (AvgIpc) is 2.40. The topological polar surface area (TPSA) is 57.6 Å². The number of piperidine rings is 1. The van der Waals surface area contributed by atoms with Crippen LogP contribution in [-0.2, 0) is 4.79 Å². The Morgan fingerprint density at radius 3 is 2.79 bits per heavy atom. The van der Waals surface area contributed by atoms with Crippen LogP contribution in [0.15, 0.2) is 18.2 Å². The first kappa shape index (κ1) is 13.9. The third-order valence-corrected chi connectivity index (χ3v) is 3.71. The van der Waals surface area contributed by atoms with Gasteiger partial charge in [0.15, 0.2) is 0 Å². The van der Waals surface area contributed by atoms with Crippen LogP contribution < -0.4 is 0 Å². The molecule has 0 aliphatic carbocycles. The van der Waals surface area contributed by atoms with E-state index in [2.05, 4.69) is 0 Å². The lowest BCUT2D eigenvalue weighted by molar-refractivity contribution is -0.143. The lowest BCUT2D eigenvalue weighted by Crippen LogP contribution is -2.48. The van der Waals surface area contributed by atoms with Gasteiger partial charge in [-0.05, 0) is 43.9 Å². The number of aryl methyl sites for hydroxylation is 1. The summed E-state index contributed by atoms with van der Waals surface area (Å²) in [6.07, 6.45) is 2.20. The van der Waals surface area contributed by atoms with Gasteiger partial charge in [-0.3, -0.25) is 4.79 Å². The Morgan fingerprint density at radius 1 is 1.37 bits per heavy atom. The molecule has 1 unspecified atom stereocenters. The van der Waals surface area contributed by atoms with Gasteiger partial charge < -0.3 is 10.0 Å². The first-order valence-electron chi connectivity index (χ1n) is 6.30. The van der Waals surface area contributed by atoms with Crippen molar-refractivity contribution in [2.45, 2.75) is 32.2 Å². The first-order valence-corrected chi connectivity index (χ1v) is 6.68. The molecule has 102 valence electrons. The lowest BCUT2D eigenvalue weighted by atomic mass is 9.99. The van der Waals surface area contributed by atoms with Crippen LogP contribution in [0.5, 0.6) is 0 Å². The Morgan fingerprint density at radius 2 is 2.11 bits per heavy atom. The molecule has 19 heavy (non-hydrogen) atoms. The van der Waals surface area contributed by atoms with Crippen LogP contribution in [0.1, 0.15) is 35.2 Å². The molecule has 1 saturated heterocycles. The van der Waals surface area contributed by atoms with E-state index in [9.17, 15) is 14.7 Å². The molecule has 1 aromatic rings. The minimum atomic E-state index is -0.937. The number of hydrogen-bond acceptors (Lipinski definition) is 2. The smallest absolute Gasteiger partial charge is 0.326 e. The number of benzene rings is 1. The second-order valence-electron chi connectivity index (χ2n) is 4.81. The highest BCUT2D eigenvalue weighted by molar-refractivity contribution is 6.31. The van der Waals surface area contributed by atoms with Gasteiger partial charge in [-0.2, -0.15) is 0 Å². The normalized spacial score (nSPS) is 19.3. The zero-order valence-electron chi connectivity index (χ0n) is 10.7. The molecule has 1 heterocycles. The first-order chi connectivity index (χ1) is 9.00. The molecule has 1 fully saturated rings. The van der Waals surface area contributed by atoms with Gasteiger partial charge >= 0.3 is 5.97 Å². The zero-order valence-corrected chi connectivity index (χ0v) is 11.5. The Bertz CT molecular complexity index is 515. The van der Waals surface area contributed by atoms with E-state index in [1.54, 1.807) is 18.2 Å². The summed E-state index contributed by atoms with van der Waals surface area (Å²) in [6, 6.07) is 4.38. The number of aliphatic carboxylic acids is 1.